The van der Waals surface area contributed by atoms with E-state index in [9.17, 15) is 29.1 Å². The van der Waals surface area contributed by atoms with E-state index in [0.29, 0.717) is 25.9 Å². The summed E-state index contributed by atoms with van der Waals surface area (Å²) in [5.74, 6) is -4.35. The van der Waals surface area contributed by atoms with Gasteiger partial charge in [0.2, 0.25) is 11.8 Å². The first-order valence-corrected chi connectivity index (χ1v) is 11.3. The Bertz CT molecular complexity index is 872. The van der Waals surface area contributed by atoms with E-state index in [2.05, 4.69) is 10.6 Å². The third-order valence-corrected chi connectivity index (χ3v) is 5.29. The lowest BCUT2D eigenvalue weighted by molar-refractivity contribution is -0.148. The monoisotopic (exact) mass is 493 g/mol. The Labute approximate surface area is 202 Å². The van der Waals surface area contributed by atoms with Crippen LogP contribution in [0.1, 0.15) is 31.2 Å². The molecule has 12 heteroatoms. The van der Waals surface area contributed by atoms with Gasteiger partial charge in [-0.15, -0.1) is 0 Å². The number of aliphatic carboxylic acids is 2. The predicted molar refractivity (Wildman–Crippen MR) is 121 cm³/mol. The van der Waals surface area contributed by atoms with Crippen LogP contribution in [0.25, 0.3) is 0 Å². The summed E-state index contributed by atoms with van der Waals surface area (Å²) in [6.07, 6.45) is 0.763. The molecule has 0 saturated carbocycles. The number of carboxylic acid groups (broad SMARTS) is 2. The van der Waals surface area contributed by atoms with Crippen molar-refractivity contribution in [3.63, 3.8) is 0 Å². The van der Waals surface area contributed by atoms with E-state index in [1.165, 1.54) is 0 Å². The summed E-state index contributed by atoms with van der Waals surface area (Å²) in [7, 11) is 0. The van der Waals surface area contributed by atoms with Crippen LogP contribution in [0.3, 0.4) is 0 Å². The van der Waals surface area contributed by atoms with Crippen LogP contribution in [0.15, 0.2) is 30.3 Å². The van der Waals surface area contributed by atoms with Crippen molar-refractivity contribution in [1.82, 2.24) is 15.5 Å². The number of rotatable bonds is 14. The number of amides is 3. The van der Waals surface area contributed by atoms with Crippen LogP contribution in [-0.2, 0) is 35.3 Å². The number of ether oxygens (including phenoxy) is 2. The van der Waals surface area contributed by atoms with Gasteiger partial charge < -0.3 is 35.2 Å². The molecule has 1 unspecified atom stereocenters. The van der Waals surface area contributed by atoms with Crippen LogP contribution < -0.4 is 10.6 Å². The molecule has 0 radical (unpaired) electrons. The number of nitrogens with zero attached hydrogens (tertiary/aromatic N) is 1. The molecule has 2 atom stereocenters. The van der Waals surface area contributed by atoms with Gasteiger partial charge in [-0.3, -0.25) is 14.4 Å². The Morgan fingerprint density at radius 3 is 2.46 bits per heavy atom. The minimum atomic E-state index is -1.28. The van der Waals surface area contributed by atoms with Gasteiger partial charge in [-0.1, -0.05) is 30.3 Å². The normalized spacial score (nSPS) is 15.6. The molecule has 12 nitrogen and oxygen atoms in total. The van der Waals surface area contributed by atoms with Crippen molar-refractivity contribution in [3.8, 4) is 0 Å². The van der Waals surface area contributed by atoms with Gasteiger partial charge in [0.25, 0.3) is 0 Å². The first-order chi connectivity index (χ1) is 16.8. The fraction of sp³-hybridized carbons (Fsp3) is 0.522. The second kappa shape index (κ2) is 14.6. The largest absolute Gasteiger partial charge is 0.480 e. The molecule has 0 bridgehead atoms. The molecule has 1 aliphatic rings. The van der Waals surface area contributed by atoms with E-state index in [1.54, 1.807) is 0 Å². The number of carbonyl (C=O) groups excluding carboxylic acids is 3. The maximum atomic E-state index is 12.5. The van der Waals surface area contributed by atoms with E-state index in [1.807, 2.05) is 30.3 Å². The Balaban J connectivity index is 1.71. The van der Waals surface area contributed by atoms with Crippen molar-refractivity contribution in [3.05, 3.63) is 35.9 Å². The van der Waals surface area contributed by atoms with Gasteiger partial charge in [0.05, 0.1) is 12.5 Å². The molecule has 35 heavy (non-hydrogen) atoms. The number of carbonyl (C=O) groups is 5. The van der Waals surface area contributed by atoms with Crippen molar-refractivity contribution >= 4 is 29.8 Å². The molecule has 1 saturated heterocycles. The highest BCUT2D eigenvalue weighted by atomic mass is 16.5. The molecule has 192 valence electrons. The Morgan fingerprint density at radius 2 is 1.83 bits per heavy atom. The van der Waals surface area contributed by atoms with Crippen LogP contribution >= 0.6 is 0 Å². The molecule has 2 rings (SSSR count). The number of hydrogen-bond donors (Lipinski definition) is 4. The number of nitrogens with one attached hydrogen (secondary N) is 2. The van der Waals surface area contributed by atoms with Crippen molar-refractivity contribution < 1.29 is 43.7 Å². The standard InChI is InChI=1S/C23H31N3O9/c27-19(12-26(13-20(28)29)21(30)17-9-11-34-15-17)25-18(22(31)32)8-4-5-10-24-23(33)35-14-16-6-2-1-3-7-16/h1-3,6-7,17-18H,4-5,8-15H2,(H,24,33)(H,25,27)(H,28,29)(H,31,32)/t17?,18-/m1/s1. The molecular formula is C23H31N3O9. The van der Waals surface area contributed by atoms with E-state index in [4.69, 9.17) is 14.6 Å². The number of hydrogen-bond acceptors (Lipinski definition) is 7. The van der Waals surface area contributed by atoms with Gasteiger partial charge in [-0.2, -0.15) is 0 Å². The zero-order chi connectivity index (χ0) is 25.6. The van der Waals surface area contributed by atoms with E-state index < -0.39 is 54.9 Å². The molecule has 1 aliphatic heterocycles. The second-order valence-electron chi connectivity index (χ2n) is 8.09. The highest BCUT2D eigenvalue weighted by Gasteiger charge is 2.31. The van der Waals surface area contributed by atoms with Gasteiger partial charge in [0.1, 0.15) is 25.7 Å². The fourth-order valence-electron chi connectivity index (χ4n) is 3.47. The van der Waals surface area contributed by atoms with Crippen LogP contribution in [0.2, 0.25) is 0 Å². The van der Waals surface area contributed by atoms with Crippen LogP contribution in [0.4, 0.5) is 4.79 Å². The summed E-state index contributed by atoms with van der Waals surface area (Å²) >= 11 is 0. The van der Waals surface area contributed by atoms with E-state index >= 15 is 0 Å². The highest BCUT2D eigenvalue weighted by Crippen LogP contribution is 2.15. The fourth-order valence-corrected chi connectivity index (χ4v) is 3.47. The predicted octanol–water partition coefficient (Wildman–Crippen LogP) is 0.602. The van der Waals surface area contributed by atoms with Crippen molar-refractivity contribution in [2.24, 2.45) is 5.92 Å². The molecule has 1 aromatic carbocycles. The summed E-state index contributed by atoms with van der Waals surface area (Å²) < 4.78 is 10.2. The Hall–Kier alpha value is -3.67. The minimum Gasteiger partial charge on any atom is -0.480 e. The van der Waals surface area contributed by atoms with Crippen molar-refractivity contribution in [2.45, 2.75) is 38.3 Å². The molecule has 0 spiro atoms. The van der Waals surface area contributed by atoms with Gasteiger partial charge in [0.15, 0.2) is 0 Å². The average molecular weight is 494 g/mol. The molecule has 4 N–H and O–H groups in total. The Morgan fingerprint density at radius 1 is 1.09 bits per heavy atom. The lowest BCUT2D eigenvalue weighted by Crippen LogP contribution is -2.49. The SMILES string of the molecule is O=C(O)CN(CC(=O)N[C@H](CCCCNC(=O)OCc1ccccc1)C(=O)O)C(=O)C1CCOC1. The maximum Gasteiger partial charge on any atom is 0.407 e. The van der Waals surface area contributed by atoms with Crippen molar-refractivity contribution in [1.29, 1.82) is 0 Å². The Kier molecular flexibility index (Phi) is 11.5. The van der Waals surface area contributed by atoms with Gasteiger partial charge in [0, 0.05) is 13.2 Å². The topological polar surface area (TPSA) is 172 Å². The number of unbranched alkanes of at least 4 members (excludes halogenated alkanes) is 1. The van der Waals surface area contributed by atoms with Gasteiger partial charge in [-0.05, 0) is 31.2 Å². The number of alkyl carbamates (subject to hydrolysis) is 1. The lowest BCUT2D eigenvalue weighted by Gasteiger charge is -2.24. The molecule has 0 aliphatic carbocycles. The summed E-state index contributed by atoms with van der Waals surface area (Å²) in [5, 5.41) is 23.4. The van der Waals surface area contributed by atoms with E-state index in [-0.39, 0.29) is 26.2 Å². The molecule has 3 amide bonds. The number of benzene rings is 1. The second-order valence-corrected chi connectivity index (χ2v) is 8.09. The summed E-state index contributed by atoms with van der Waals surface area (Å²) in [5.41, 5.74) is 0.850. The molecule has 1 aromatic rings. The minimum absolute atomic E-state index is 0.0885. The average Bonchev–Trinajstić information content (AvgIpc) is 3.36. The molecule has 1 fully saturated rings. The molecule has 0 aromatic heterocycles. The van der Waals surface area contributed by atoms with Gasteiger partial charge >= 0.3 is 18.0 Å². The summed E-state index contributed by atoms with van der Waals surface area (Å²) in [4.78, 5) is 60.1. The smallest absolute Gasteiger partial charge is 0.407 e. The first kappa shape index (κ1) is 27.6. The first-order valence-electron chi connectivity index (χ1n) is 11.3. The quantitative estimate of drug-likeness (QED) is 0.271. The summed E-state index contributed by atoms with van der Waals surface area (Å²) in [6.45, 7) is -0.313. The zero-order valence-electron chi connectivity index (χ0n) is 19.3. The molecular weight excluding hydrogens is 462 g/mol. The van der Waals surface area contributed by atoms with Crippen LogP contribution in [0.5, 0.6) is 0 Å². The van der Waals surface area contributed by atoms with Crippen LogP contribution in [-0.4, -0.2) is 83.8 Å². The zero-order valence-corrected chi connectivity index (χ0v) is 19.3. The van der Waals surface area contributed by atoms with E-state index in [0.717, 1.165) is 10.5 Å². The lowest BCUT2D eigenvalue weighted by atomic mass is 10.1. The van der Waals surface area contributed by atoms with Crippen molar-refractivity contribution in [2.75, 3.05) is 32.8 Å². The third-order valence-electron chi connectivity index (χ3n) is 5.29. The highest BCUT2D eigenvalue weighted by molar-refractivity contribution is 5.90. The maximum absolute atomic E-state index is 12.5. The van der Waals surface area contributed by atoms with Crippen LogP contribution in [0, 0.1) is 5.92 Å². The number of carboxylic acids is 2. The third kappa shape index (κ3) is 10.4. The summed E-state index contributed by atoms with van der Waals surface area (Å²) in [6, 6.07) is 7.96. The molecule has 1 heterocycles. The van der Waals surface area contributed by atoms with Gasteiger partial charge in [-0.25, -0.2) is 9.59 Å².